The Balaban J connectivity index is 2.23. The number of benzene rings is 1. The van der Waals surface area contributed by atoms with E-state index in [2.05, 4.69) is 5.32 Å². The van der Waals surface area contributed by atoms with Crippen molar-refractivity contribution in [1.82, 2.24) is 5.32 Å². The molecule has 1 aromatic rings. The van der Waals surface area contributed by atoms with E-state index >= 15 is 0 Å². The first-order valence-electron chi connectivity index (χ1n) is 7.43. The van der Waals surface area contributed by atoms with E-state index in [1.807, 2.05) is 51.1 Å². The average molecular weight is 305 g/mol. The van der Waals surface area contributed by atoms with Crippen molar-refractivity contribution in [3.05, 3.63) is 35.9 Å². The predicted octanol–water partition coefficient (Wildman–Crippen LogP) is 2.22. The highest BCUT2D eigenvalue weighted by atomic mass is 16.6. The number of carbonyl (C=O) groups excluding carboxylic acids is 2. The molecule has 1 saturated heterocycles. The summed E-state index contributed by atoms with van der Waals surface area (Å²) in [4.78, 5) is 24.3. The van der Waals surface area contributed by atoms with Crippen molar-refractivity contribution in [2.75, 3.05) is 7.11 Å². The fourth-order valence-corrected chi connectivity index (χ4v) is 2.70. The van der Waals surface area contributed by atoms with Gasteiger partial charge in [-0.05, 0) is 32.8 Å². The van der Waals surface area contributed by atoms with Crippen molar-refractivity contribution in [3.8, 4) is 0 Å². The van der Waals surface area contributed by atoms with Crippen LogP contribution in [0.4, 0.5) is 0 Å². The third-order valence-electron chi connectivity index (χ3n) is 3.63. The Morgan fingerprint density at radius 2 is 1.77 bits per heavy atom. The molecule has 22 heavy (non-hydrogen) atoms. The highest BCUT2D eigenvalue weighted by molar-refractivity contribution is 5.80. The van der Waals surface area contributed by atoms with Gasteiger partial charge in [0.15, 0.2) is 0 Å². The topological polar surface area (TPSA) is 64.6 Å². The molecule has 0 aliphatic carbocycles. The van der Waals surface area contributed by atoms with Crippen LogP contribution in [0.1, 0.15) is 38.8 Å². The predicted molar refractivity (Wildman–Crippen MR) is 82.1 cm³/mol. The minimum absolute atomic E-state index is 0.250. The first-order valence-corrected chi connectivity index (χ1v) is 7.43. The molecule has 1 fully saturated rings. The number of nitrogens with one attached hydrogen (secondary N) is 1. The maximum Gasteiger partial charge on any atom is 0.322 e. The highest BCUT2D eigenvalue weighted by Gasteiger charge is 2.44. The minimum atomic E-state index is -0.554. The lowest BCUT2D eigenvalue weighted by molar-refractivity contribution is -0.160. The van der Waals surface area contributed by atoms with Crippen LogP contribution in [0.15, 0.2) is 30.3 Å². The lowest BCUT2D eigenvalue weighted by Crippen LogP contribution is -2.33. The number of hydrogen-bond acceptors (Lipinski definition) is 5. The fraction of sp³-hybridized carbons (Fsp3) is 0.529. The minimum Gasteiger partial charge on any atom is -0.468 e. The van der Waals surface area contributed by atoms with Gasteiger partial charge in [-0.25, -0.2) is 0 Å². The molecular formula is C17H23NO4. The summed E-state index contributed by atoms with van der Waals surface area (Å²) in [5, 5.41) is 3.20. The van der Waals surface area contributed by atoms with E-state index < -0.39 is 17.6 Å². The Bertz CT molecular complexity index is 535. The normalized spacial score (nSPS) is 24.8. The lowest BCUT2D eigenvalue weighted by atomic mass is 9.93. The molecule has 1 unspecified atom stereocenters. The zero-order valence-electron chi connectivity index (χ0n) is 13.5. The molecule has 5 nitrogen and oxygen atoms in total. The molecule has 0 spiro atoms. The number of rotatable bonds is 3. The molecule has 5 heteroatoms. The van der Waals surface area contributed by atoms with Gasteiger partial charge in [-0.3, -0.25) is 14.9 Å². The molecule has 0 amide bonds. The Kier molecular flexibility index (Phi) is 4.86. The molecule has 1 aliphatic heterocycles. The largest absolute Gasteiger partial charge is 0.468 e. The molecule has 1 aliphatic rings. The number of hydrogen-bond donors (Lipinski definition) is 1. The van der Waals surface area contributed by atoms with Crippen molar-refractivity contribution in [1.29, 1.82) is 0 Å². The van der Waals surface area contributed by atoms with Crippen molar-refractivity contribution in [2.45, 2.75) is 44.9 Å². The molecule has 1 aromatic carbocycles. The van der Waals surface area contributed by atoms with Crippen LogP contribution in [0.5, 0.6) is 0 Å². The zero-order chi connectivity index (χ0) is 16.3. The van der Waals surface area contributed by atoms with Gasteiger partial charge in [0, 0.05) is 6.04 Å². The van der Waals surface area contributed by atoms with Crippen LogP contribution in [0, 0.1) is 5.92 Å². The first kappa shape index (κ1) is 16.5. The maximum atomic E-state index is 12.5. The van der Waals surface area contributed by atoms with Gasteiger partial charge >= 0.3 is 11.9 Å². The van der Waals surface area contributed by atoms with Crippen LogP contribution in [-0.2, 0) is 19.1 Å². The monoisotopic (exact) mass is 305 g/mol. The SMILES string of the molecule is COC(=O)[C@H]1CC(C(=O)OC(C)(C)C)[C@@H](c2ccccc2)N1. The van der Waals surface area contributed by atoms with Crippen LogP contribution in [0.25, 0.3) is 0 Å². The van der Waals surface area contributed by atoms with E-state index in [1.165, 1.54) is 7.11 Å². The van der Waals surface area contributed by atoms with Gasteiger partial charge in [0.25, 0.3) is 0 Å². The second kappa shape index (κ2) is 6.48. The molecular weight excluding hydrogens is 282 g/mol. The molecule has 3 atom stereocenters. The van der Waals surface area contributed by atoms with E-state index in [9.17, 15) is 9.59 Å². The first-order chi connectivity index (χ1) is 10.3. The summed E-state index contributed by atoms with van der Waals surface area (Å²) in [7, 11) is 1.35. The van der Waals surface area contributed by atoms with Gasteiger partial charge in [0.2, 0.25) is 0 Å². The Morgan fingerprint density at radius 1 is 1.14 bits per heavy atom. The van der Waals surface area contributed by atoms with Crippen LogP contribution < -0.4 is 5.32 Å². The van der Waals surface area contributed by atoms with E-state index in [4.69, 9.17) is 9.47 Å². The van der Waals surface area contributed by atoms with Crippen molar-refractivity contribution in [2.24, 2.45) is 5.92 Å². The van der Waals surface area contributed by atoms with E-state index in [0.717, 1.165) is 5.56 Å². The third kappa shape index (κ3) is 3.85. The van der Waals surface area contributed by atoms with E-state index in [1.54, 1.807) is 0 Å². The summed E-state index contributed by atoms with van der Waals surface area (Å²) in [5.74, 6) is -1.06. The summed E-state index contributed by atoms with van der Waals surface area (Å²) in [6.07, 6.45) is 0.376. The molecule has 120 valence electrons. The standard InChI is InChI=1S/C17H23NO4/c1-17(2,3)22-15(19)12-10-13(16(20)21-4)18-14(12)11-8-6-5-7-9-11/h5-9,12-14,18H,10H2,1-4H3/t12?,13-,14-/m1/s1. The van der Waals surface area contributed by atoms with Gasteiger partial charge in [-0.2, -0.15) is 0 Å². The zero-order valence-corrected chi connectivity index (χ0v) is 13.5. The Labute approximate surface area is 131 Å². The molecule has 1 heterocycles. The Morgan fingerprint density at radius 3 is 2.32 bits per heavy atom. The van der Waals surface area contributed by atoms with Crippen molar-refractivity contribution < 1.29 is 19.1 Å². The number of esters is 2. The maximum absolute atomic E-state index is 12.5. The highest BCUT2D eigenvalue weighted by Crippen LogP contribution is 2.34. The molecule has 0 radical (unpaired) electrons. The quantitative estimate of drug-likeness (QED) is 0.868. The van der Waals surface area contributed by atoms with Gasteiger partial charge in [-0.15, -0.1) is 0 Å². The second-order valence-corrected chi connectivity index (χ2v) is 6.51. The van der Waals surface area contributed by atoms with Gasteiger partial charge < -0.3 is 9.47 Å². The number of methoxy groups -OCH3 is 1. The average Bonchev–Trinajstić information content (AvgIpc) is 2.91. The van der Waals surface area contributed by atoms with Crippen LogP contribution >= 0.6 is 0 Å². The number of ether oxygens (including phenoxy) is 2. The summed E-state index contributed by atoms with van der Waals surface area (Å²) in [6, 6.07) is 8.87. The smallest absolute Gasteiger partial charge is 0.322 e. The molecule has 1 N–H and O–H groups in total. The summed E-state index contributed by atoms with van der Waals surface area (Å²) < 4.78 is 10.3. The molecule has 0 saturated carbocycles. The fourth-order valence-electron chi connectivity index (χ4n) is 2.70. The molecule has 0 aromatic heterocycles. The Hall–Kier alpha value is -1.88. The van der Waals surface area contributed by atoms with E-state index in [0.29, 0.717) is 6.42 Å². The summed E-state index contributed by atoms with van der Waals surface area (Å²) in [6.45, 7) is 5.51. The van der Waals surface area contributed by atoms with Gasteiger partial charge in [0.1, 0.15) is 11.6 Å². The van der Waals surface area contributed by atoms with Crippen LogP contribution in [0.3, 0.4) is 0 Å². The summed E-state index contributed by atoms with van der Waals surface area (Å²) in [5.41, 5.74) is 0.409. The lowest BCUT2D eigenvalue weighted by Gasteiger charge is -2.25. The molecule has 0 bridgehead atoms. The van der Waals surface area contributed by atoms with Crippen LogP contribution in [-0.4, -0.2) is 30.7 Å². The van der Waals surface area contributed by atoms with Gasteiger partial charge in [-0.1, -0.05) is 30.3 Å². The van der Waals surface area contributed by atoms with E-state index in [-0.39, 0.29) is 18.0 Å². The van der Waals surface area contributed by atoms with Crippen molar-refractivity contribution >= 4 is 11.9 Å². The second-order valence-electron chi connectivity index (χ2n) is 6.51. The summed E-state index contributed by atoms with van der Waals surface area (Å²) >= 11 is 0. The third-order valence-corrected chi connectivity index (χ3v) is 3.63. The van der Waals surface area contributed by atoms with Crippen molar-refractivity contribution in [3.63, 3.8) is 0 Å². The number of carbonyl (C=O) groups is 2. The molecule has 2 rings (SSSR count). The van der Waals surface area contributed by atoms with Crippen LogP contribution in [0.2, 0.25) is 0 Å². The van der Waals surface area contributed by atoms with Gasteiger partial charge in [0.05, 0.1) is 13.0 Å².